The van der Waals surface area contributed by atoms with Crippen LogP contribution in [0.2, 0.25) is 0 Å². The third kappa shape index (κ3) is 5.14. The van der Waals surface area contributed by atoms with Gasteiger partial charge in [-0.15, -0.1) is 0 Å². The molecule has 0 saturated heterocycles. The van der Waals surface area contributed by atoms with Gasteiger partial charge in [-0.05, 0) is 37.3 Å². The van der Waals surface area contributed by atoms with E-state index in [1.807, 2.05) is 19.9 Å². The summed E-state index contributed by atoms with van der Waals surface area (Å²) in [5.74, 6) is 1.74. The van der Waals surface area contributed by atoms with Gasteiger partial charge in [0.2, 0.25) is 10.0 Å². The Kier molecular flexibility index (Phi) is 6.32. The molecule has 0 radical (unpaired) electrons. The maximum Gasteiger partial charge on any atom is 0.240 e. The second-order valence-corrected chi connectivity index (χ2v) is 7.58. The predicted octanol–water partition coefficient (Wildman–Crippen LogP) is 2.13. The highest BCUT2D eigenvalue weighted by Gasteiger charge is 2.17. The van der Waals surface area contributed by atoms with Crippen LogP contribution < -0.4 is 10.5 Å². The molecule has 0 amide bonds. The first-order valence-corrected chi connectivity index (χ1v) is 8.96. The van der Waals surface area contributed by atoms with Gasteiger partial charge in [-0.25, -0.2) is 13.1 Å². The molecular formula is C13H22N2O2S2. The van der Waals surface area contributed by atoms with Gasteiger partial charge in [0.05, 0.1) is 4.90 Å². The van der Waals surface area contributed by atoms with Gasteiger partial charge in [0.25, 0.3) is 0 Å². The molecule has 2 unspecified atom stereocenters. The summed E-state index contributed by atoms with van der Waals surface area (Å²) in [6.07, 6.45) is 0. The average molecular weight is 302 g/mol. The Morgan fingerprint density at radius 2 is 2.05 bits per heavy atom. The van der Waals surface area contributed by atoms with Crippen LogP contribution in [0, 0.1) is 0 Å². The fraction of sp³-hybridized carbons (Fsp3) is 0.538. The van der Waals surface area contributed by atoms with Crippen molar-refractivity contribution in [2.24, 2.45) is 5.73 Å². The molecular weight excluding hydrogens is 280 g/mol. The minimum Gasteiger partial charge on any atom is -0.324 e. The number of rotatable bonds is 7. The van der Waals surface area contributed by atoms with E-state index in [2.05, 4.69) is 11.6 Å². The first-order valence-electron chi connectivity index (χ1n) is 6.32. The molecule has 0 spiro atoms. The molecule has 0 saturated carbocycles. The van der Waals surface area contributed by atoms with Crippen molar-refractivity contribution in [3.05, 3.63) is 29.8 Å². The quantitative estimate of drug-likeness (QED) is 0.809. The standard InChI is InChI=1S/C13H22N2O2S2/c1-4-18-9-10(2)15-19(16,17)13-7-5-6-12(8-13)11(3)14/h5-8,10-11,15H,4,9,14H2,1-3H3. The van der Waals surface area contributed by atoms with Crippen molar-refractivity contribution < 1.29 is 8.42 Å². The van der Waals surface area contributed by atoms with E-state index in [0.29, 0.717) is 0 Å². The molecule has 0 aromatic heterocycles. The molecule has 1 aromatic rings. The Balaban J connectivity index is 2.85. The third-order valence-corrected chi connectivity index (χ3v) is 5.35. The van der Waals surface area contributed by atoms with Crippen molar-refractivity contribution >= 4 is 21.8 Å². The summed E-state index contributed by atoms with van der Waals surface area (Å²) in [6, 6.07) is 6.51. The Labute approximate surface area is 120 Å². The lowest BCUT2D eigenvalue weighted by Crippen LogP contribution is -2.34. The fourth-order valence-corrected chi connectivity index (χ4v) is 3.70. The summed E-state index contributed by atoms with van der Waals surface area (Å²) in [7, 11) is -3.46. The number of sulfonamides is 1. The van der Waals surface area contributed by atoms with Crippen LogP contribution >= 0.6 is 11.8 Å². The molecule has 0 heterocycles. The Morgan fingerprint density at radius 3 is 2.63 bits per heavy atom. The zero-order chi connectivity index (χ0) is 14.5. The highest BCUT2D eigenvalue weighted by molar-refractivity contribution is 7.99. The topological polar surface area (TPSA) is 72.2 Å². The number of benzene rings is 1. The van der Waals surface area contributed by atoms with Crippen LogP contribution in [-0.4, -0.2) is 26.0 Å². The summed E-state index contributed by atoms with van der Waals surface area (Å²) in [4.78, 5) is 0.274. The number of nitrogens with two attached hydrogens (primary N) is 1. The maximum absolute atomic E-state index is 12.2. The highest BCUT2D eigenvalue weighted by Crippen LogP contribution is 2.16. The minimum atomic E-state index is -3.46. The second-order valence-electron chi connectivity index (χ2n) is 4.54. The summed E-state index contributed by atoms with van der Waals surface area (Å²) < 4.78 is 27.1. The molecule has 108 valence electrons. The van der Waals surface area contributed by atoms with Crippen molar-refractivity contribution in [1.29, 1.82) is 0 Å². The zero-order valence-corrected chi connectivity index (χ0v) is 13.2. The smallest absolute Gasteiger partial charge is 0.240 e. The number of hydrogen-bond acceptors (Lipinski definition) is 4. The molecule has 2 atom stereocenters. The average Bonchev–Trinajstić information content (AvgIpc) is 2.36. The Hall–Kier alpha value is -0.560. The van der Waals surface area contributed by atoms with Gasteiger partial charge in [-0.1, -0.05) is 19.1 Å². The molecule has 0 fully saturated rings. The van der Waals surface area contributed by atoms with Crippen LogP contribution in [0.15, 0.2) is 29.2 Å². The van der Waals surface area contributed by atoms with Crippen LogP contribution in [0.3, 0.4) is 0 Å². The molecule has 19 heavy (non-hydrogen) atoms. The van der Waals surface area contributed by atoms with Crippen molar-refractivity contribution in [2.75, 3.05) is 11.5 Å². The highest BCUT2D eigenvalue weighted by atomic mass is 32.2. The van der Waals surface area contributed by atoms with E-state index in [0.717, 1.165) is 17.1 Å². The van der Waals surface area contributed by atoms with Crippen LogP contribution in [-0.2, 0) is 10.0 Å². The maximum atomic E-state index is 12.2. The lowest BCUT2D eigenvalue weighted by Gasteiger charge is -2.14. The SMILES string of the molecule is CCSCC(C)NS(=O)(=O)c1cccc(C(C)N)c1. The van der Waals surface area contributed by atoms with E-state index < -0.39 is 10.0 Å². The van der Waals surface area contributed by atoms with E-state index in [-0.39, 0.29) is 17.0 Å². The Bertz CT molecular complexity index is 501. The Morgan fingerprint density at radius 1 is 1.37 bits per heavy atom. The van der Waals surface area contributed by atoms with E-state index in [9.17, 15) is 8.42 Å². The molecule has 0 aliphatic rings. The van der Waals surface area contributed by atoms with Crippen molar-refractivity contribution in [3.63, 3.8) is 0 Å². The molecule has 1 aromatic carbocycles. The monoisotopic (exact) mass is 302 g/mol. The van der Waals surface area contributed by atoms with Crippen LogP contribution in [0.1, 0.15) is 32.4 Å². The number of thioether (sulfide) groups is 1. The largest absolute Gasteiger partial charge is 0.324 e. The van der Waals surface area contributed by atoms with Gasteiger partial charge < -0.3 is 5.73 Å². The summed E-state index contributed by atoms with van der Waals surface area (Å²) in [5.41, 5.74) is 6.59. The van der Waals surface area contributed by atoms with Crippen molar-refractivity contribution in [1.82, 2.24) is 4.72 Å². The molecule has 0 aliphatic heterocycles. The van der Waals surface area contributed by atoms with Crippen LogP contribution in [0.5, 0.6) is 0 Å². The predicted molar refractivity (Wildman–Crippen MR) is 81.8 cm³/mol. The van der Waals surface area contributed by atoms with E-state index >= 15 is 0 Å². The van der Waals surface area contributed by atoms with E-state index in [1.54, 1.807) is 30.0 Å². The molecule has 4 nitrogen and oxygen atoms in total. The first-order chi connectivity index (χ1) is 8.86. The van der Waals surface area contributed by atoms with Crippen LogP contribution in [0.4, 0.5) is 0 Å². The van der Waals surface area contributed by atoms with Crippen LogP contribution in [0.25, 0.3) is 0 Å². The summed E-state index contributed by atoms with van der Waals surface area (Å²) in [6.45, 7) is 5.76. The third-order valence-electron chi connectivity index (χ3n) is 2.62. The van der Waals surface area contributed by atoms with E-state index in [4.69, 9.17) is 5.73 Å². The van der Waals surface area contributed by atoms with Gasteiger partial charge in [0.1, 0.15) is 0 Å². The summed E-state index contributed by atoms with van der Waals surface area (Å²) in [5, 5.41) is 0. The number of nitrogens with one attached hydrogen (secondary N) is 1. The fourth-order valence-electron chi connectivity index (χ4n) is 1.63. The molecule has 0 aliphatic carbocycles. The van der Waals surface area contributed by atoms with Crippen molar-refractivity contribution in [2.45, 2.75) is 37.8 Å². The van der Waals surface area contributed by atoms with E-state index in [1.165, 1.54) is 0 Å². The molecule has 1 rings (SSSR count). The zero-order valence-electron chi connectivity index (χ0n) is 11.6. The summed E-state index contributed by atoms with van der Waals surface area (Å²) >= 11 is 1.71. The lowest BCUT2D eigenvalue weighted by molar-refractivity contribution is 0.571. The minimum absolute atomic E-state index is 0.0890. The molecule has 6 heteroatoms. The van der Waals surface area contributed by atoms with Gasteiger partial charge >= 0.3 is 0 Å². The van der Waals surface area contributed by atoms with Gasteiger partial charge in [-0.3, -0.25) is 0 Å². The van der Waals surface area contributed by atoms with Gasteiger partial charge in [0, 0.05) is 17.8 Å². The molecule has 0 bridgehead atoms. The van der Waals surface area contributed by atoms with Crippen molar-refractivity contribution in [3.8, 4) is 0 Å². The second kappa shape index (κ2) is 7.28. The first kappa shape index (κ1) is 16.5. The molecule has 3 N–H and O–H groups in total. The normalized spacial score (nSPS) is 15.2. The van der Waals surface area contributed by atoms with Gasteiger partial charge in [-0.2, -0.15) is 11.8 Å². The lowest BCUT2D eigenvalue weighted by atomic mass is 10.1. The van der Waals surface area contributed by atoms with Gasteiger partial charge in [0.15, 0.2) is 0 Å². The number of hydrogen-bond donors (Lipinski definition) is 2.